The second kappa shape index (κ2) is 4.98. The highest BCUT2D eigenvalue weighted by Gasteiger charge is 2.17. The van der Waals surface area contributed by atoms with Gasteiger partial charge in [-0.1, -0.05) is 17.3 Å². The molecular formula is C18H15N3O2. The second-order valence-electron chi connectivity index (χ2n) is 5.51. The number of pyridine rings is 1. The summed E-state index contributed by atoms with van der Waals surface area (Å²) in [6, 6.07) is 11.1. The zero-order valence-corrected chi connectivity index (χ0v) is 12.8. The summed E-state index contributed by atoms with van der Waals surface area (Å²) < 4.78 is 5.26. The molecule has 0 aliphatic rings. The third kappa shape index (κ3) is 2.09. The van der Waals surface area contributed by atoms with E-state index in [-0.39, 0.29) is 5.75 Å². The summed E-state index contributed by atoms with van der Waals surface area (Å²) in [6.07, 6.45) is 1.87. The molecule has 2 N–H and O–H groups in total. The highest BCUT2D eigenvalue weighted by Crippen LogP contribution is 2.36. The van der Waals surface area contributed by atoms with Crippen molar-refractivity contribution >= 4 is 10.9 Å². The highest BCUT2D eigenvalue weighted by atomic mass is 16.5. The Morgan fingerprint density at radius 2 is 1.96 bits per heavy atom. The minimum atomic E-state index is 0.207. The number of hydrogen-bond donors (Lipinski definition) is 2. The first-order chi connectivity index (χ1) is 11.1. The molecule has 3 aromatic heterocycles. The predicted molar refractivity (Wildman–Crippen MR) is 88.2 cm³/mol. The topological polar surface area (TPSA) is 74.9 Å². The number of benzene rings is 1. The van der Waals surface area contributed by atoms with Gasteiger partial charge in [-0.05, 0) is 38.1 Å². The maximum Gasteiger partial charge on any atom is 0.143 e. The van der Waals surface area contributed by atoms with Gasteiger partial charge in [-0.2, -0.15) is 0 Å². The highest BCUT2D eigenvalue weighted by molar-refractivity contribution is 5.96. The number of H-pyrrole nitrogens is 1. The Morgan fingerprint density at radius 3 is 2.70 bits per heavy atom. The number of aromatic amines is 1. The average Bonchev–Trinajstić information content (AvgIpc) is 3.13. The lowest BCUT2D eigenvalue weighted by atomic mass is 10.0. The summed E-state index contributed by atoms with van der Waals surface area (Å²) >= 11 is 0. The van der Waals surface area contributed by atoms with Gasteiger partial charge < -0.3 is 14.6 Å². The fraction of sp³-hybridized carbons (Fsp3) is 0.111. The number of phenolic OH excluding ortho intramolecular Hbond substituents is 1. The Bertz CT molecular complexity index is 995. The van der Waals surface area contributed by atoms with E-state index in [1.54, 1.807) is 12.1 Å². The van der Waals surface area contributed by atoms with E-state index in [1.807, 2.05) is 44.3 Å². The monoisotopic (exact) mass is 305 g/mol. The van der Waals surface area contributed by atoms with Crippen molar-refractivity contribution in [2.75, 3.05) is 0 Å². The summed E-state index contributed by atoms with van der Waals surface area (Å²) in [7, 11) is 0. The first-order valence-corrected chi connectivity index (χ1v) is 7.35. The van der Waals surface area contributed by atoms with Gasteiger partial charge in [0.1, 0.15) is 11.5 Å². The molecule has 0 spiro atoms. The molecule has 0 bridgehead atoms. The number of aromatic hydroxyl groups is 1. The Morgan fingerprint density at radius 1 is 1.13 bits per heavy atom. The van der Waals surface area contributed by atoms with Crippen LogP contribution in [0.25, 0.3) is 33.4 Å². The van der Waals surface area contributed by atoms with Gasteiger partial charge in [0, 0.05) is 22.7 Å². The number of fused-ring (bicyclic) bond motifs is 1. The number of nitrogens with one attached hydrogen (secondary N) is 1. The fourth-order valence-electron chi connectivity index (χ4n) is 2.91. The molecule has 0 fully saturated rings. The molecule has 1 aromatic carbocycles. The zero-order valence-electron chi connectivity index (χ0n) is 12.8. The van der Waals surface area contributed by atoms with Crippen molar-refractivity contribution < 1.29 is 9.63 Å². The predicted octanol–water partition coefficient (Wildman–Crippen LogP) is 4.21. The number of para-hydroxylation sites is 1. The molecule has 0 aliphatic heterocycles. The third-order valence-corrected chi connectivity index (χ3v) is 4.00. The lowest BCUT2D eigenvalue weighted by molar-refractivity contribution is 0.393. The molecule has 5 heteroatoms. The number of aromatic nitrogens is 3. The average molecular weight is 305 g/mol. The first kappa shape index (κ1) is 13.6. The third-order valence-electron chi connectivity index (χ3n) is 4.00. The number of aryl methyl sites for hydroxylation is 2. The normalized spacial score (nSPS) is 11.2. The summed E-state index contributed by atoms with van der Waals surface area (Å²) in [5, 5.41) is 15.2. The molecule has 0 radical (unpaired) electrons. The molecule has 4 aromatic rings. The van der Waals surface area contributed by atoms with Crippen molar-refractivity contribution in [3.63, 3.8) is 0 Å². The van der Waals surface area contributed by atoms with Crippen molar-refractivity contribution in [1.82, 2.24) is 15.1 Å². The lowest BCUT2D eigenvalue weighted by Crippen LogP contribution is -1.92. The van der Waals surface area contributed by atoms with Crippen molar-refractivity contribution in [2.45, 2.75) is 13.8 Å². The molecule has 0 saturated heterocycles. The van der Waals surface area contributed by atoms with E-state index in [0.29, 0.717) is 5.56 Å². The summed E-state index contributed by atoms with van der Waals surface area (Å²) in [6.45, 7) is 3.77. The lowest BCUT2D eigenvalue weighted by Gasteiger charge is -2.08. The standard InChI is InChI=1S/C18H15N3O2/c1-10-17(11(2)23-21-10)15-9-14-12(7-8-19-14)18(20-15)13-5-3-4-6-16(13)22/h3-9,19,22H,1-2H3. The van der Waals surface area contributed by atoms with Crippen LogP contribution in [-0.4, -0.2) is 20.2 Å². The molecule has 0 saturated carbocycles. The Labute approximate surface area is 132 Å². The van der Waals surface area contributed by atoms with E-state index in [4.69, 9.17) is 9.51 Å². The van der Waals surface area contributed by atoms with Crippen molar-refractivity contribution in [2.24, 2.45) is 0 Å². The van der Waals surface area contributed by atoms with E-state index < -0.39 is 0 Å². The first-order valence-electron chi connectivity index (χ1n) is 7.35. The second-order valence-corrected chi connectivity index (χ2v) is 5.51. The van der Waals surface area contributed by atoms with Crippen LogP contribution in [0.4, 0.5) is 0 Å². The Balaban J connectivity index is 2.05. The van der Waals surface area contributed by atoms with Crippen LogP contribution in [0, 0.1) is 13.8 Å². The van der Waals surface area contributed by atoms with Crippen molar-refractivity contribution in [3.05, 3.63) is 54.0 Å². The maximum atomic E-state index is 10.2. The van der Waals surface area contributed by atoms with E-state index in [9.17, 15) is 5.11 Å². The van der Waals surface area contributed by atoms with Crippen LogP contribution in [0.1, 0.15) is 11.5 Å². The Kier molecular flexibility index (Phi) is 2.94. The Hall–Kier alpha value is -3.08. The number of rotatable bonds is 2. The van der Waals surface area contributed by atoms with Gasteiger partial charge in [-0.15, -0.1) is 0 Å². The quantitative estimate of drug-likeness (QED) is 0.582. The largest absolute Gasteiger partial charge is 0.507 e. The SMILES string of the molecule is Cc1noc(C)c1-c1cc2[nH]ccc2c(-c2ccccc2O)n1. The van der Waals surface area contributed by atoms with Crippen LogP contribution < -0.4 is 0 Å². The van der Waals surface area contributed by atoms with Gasteiger partial charge in [-0.25, -0.2) is 4.98 Å². The molecule has 0 aliphatic carbocycles. The van der Waals surface area contributed by atoms with Crippen molar-refractivity contribution in [3.8, 4) is 28.3 Å². The number of nitrogens with zero attached hydrogens (tertiary/aromatic N) is 2. The van der Waals surface area contributed by atoms with Crippen molar-refractivity contribution in [1.29, 1.82) is 0 Å². The number of phenols is 1. The molecule has 5 nitrogen and oxygen atoms in total. The van der Waals surface area contributed by atoms with Crippen LogP contribution in [0.2, 0.25) is 0 Å². The minimum absolute atomic E-state index is 0.207. The molecule has 0 unspecified atom stereocenters. The van der Waals surface area contributed by atoms with Crippen LogP contribution in [-0.2, 0) is 0 Å². The molecule has 4 rings (SSSR count). The van der Waals surface area contributed by atoms with Gasteiger partial charge >= 0.3 is 0 Å². The molecule has 0 atom stereocenters. The van der Waals surface area contributed by atoms with Gasteiger partial charge in [0.05, 0.1) is 22.6 Å². The van der Waals surface area contributed by atoms with E-state index in [0.717, 1.165) is 39.3 Å². The van der Waals surface area contributed by atoms with Crippen LogP contribution >= 0.6 is 0 Å². The zero-order chi connectivity index (χ0) is 16.0. The van der Waals surface area contributed by atoms with E-state index in [1.165, 1.54) is 0 Å². The van der Waals surface area contributed by atoms with Crippen LogP contribution in [0.5, 0.6) is 5.75 Å². The van der Waals surface area contributed by atoms with Gasteiger partial charge in [0.2, 0.25) is 0 Å². The molecule has 0 amide bonds. The van der Waals surface area contributed by atoms with E-state index >= 15 is 0 Å². The molecule has 3 heterocycles. The number of hydrogen-bond acceptors (Lipinski definition) is 4. The maximum absolute atomic E-state index is 10.2. The van der Waals surface area contributed by atoms with Gasteiger partial charge in [0.15, 0.2) is 0 Å². The van der Waals surface area contributed by atoms with Crippen LogP contribution in [0.15, 0.2) is 47.1 Å². The molecule has 114 valence electrons. The summed E-state index contributed by atoms with van der Waals surface area (Å²) in [5.41, 5.74) is 4.84. The molecule has 23 heavy (non-hydrogen) atoms. The smallest absolute Gasteiger partial charge is 0.143 e. The summed E-state index contributed by atoms with van der Waals surface area (Å²) in [5.74, 6) is 0.933. The summed E-state index contributed by atoms with van der Waals surface area (Å²) in [4.78, 5) is 8.01. The van der Waals surface area contributed by atoms with Gasteiger partial charge in [-0.3, -0.25) is 0 Å². The van der Waals surface area contributed by atoms with Gasteiger partial charge in [0.25, 0.3) is 0 Å². The minimum Gasteiger partial charge on any atom is -0.507 e. The molecular weight excluding hydrogens is 290 g/mol. The van der Waals surface area contributed by atoms with Crippen LogP contribution in [0.3, 0.4) is 0 Å². The van der Waals surface area contributed by atoms with E-state index in [2.05, 4.69) is 10.1 Å². The fourth-order valence-corrected chi connectivity index (χ4v) is 2.91.